The van der Waals surface area contributed by atoms with Crippen molar-refractivity contribution in [3.63, 3.8) is 0 Å². The SMILES string of the molecule is COC(=O)[C@]1(O)CCCC(C)(C)C1. The van der Waals surface area contributed by atoms with E-state index >= 15 is 0 Å². The van der Waals surface area contributed by atoms with Gasteiger partial charge in [-0.3, -0.25) is 0 Å². The van der Waals surface area contributed by atoms with Crippen molar-refractivity contribution in [2.75, 3.05) is 7.11 Å². The molecule has 3 nitrogen and oxygen atoms in total. The van der Waals surface area contributed by atoms with Crippen molar-refractivity contribution in [3.05, 3.63) is 0 Å². The predicted molar refractivity (Wildman–Crippen MR) is 49.2 cm³/mol. The van der Waals surface area contributed by atoms with Crippen molar-refractivity contribution < 1.29 is 14.6 Å². The largest absolute Gasteiger partial charge is 0.467 e. The van der Waals surface area contributed by atoms with Gasteiger partial charge in [0, 0.05) is 0 Å². The Morgan fingerprint density at radius 3 is 2.46 bits per heavy atom. The van der Waals surface area contributed by atoms with Crippen LogP contribution in [0.2, 0.25) is 0 Å². The zero-order valence-electron chi connectivity index (χ0n) is 8.59. The van der Waals surface area contributed by atoms with Crippen LogP contribution in [-0.2, 0) is 9.53 Å². The van der Waals surface area contributed by atoms with Crippen LogP contribution in [0.25, 0.3) is 0 Å². The summed E-state index contributed by atoms with van der Waals surface area (Å²) in [4.78, 5) is 11.3. The van der Waals surface area contributed by atoms with Gasteiger partial charge in [0.1, 0.15) is 0 Å². The fourth-order valence-electron chi connectivity index (χ4n) is 2.19. The third-order valence-corrected chi connectivity index (χ3v) is 2.78. The molecule has 1 fully saturated rings. The molecule has 0 saturated heterocycles. The second-order valence-electron chi connectivity index (χ2n) is 4.72. The van der Waals surface area contributed by atoms with E-state index in [9.17, 15) is 9.90 Å². The van der Waals surface area contributed by atoms with Crippen LogP contribution in [0.4, 0.5) is 0 Å². The quantitative estimate of drug-likeness (QED) is 0.631. The highest BCUT2D eigenvalue weighted by Crippen LogP contribution is 2.41. The molecular weight excluding hydrogens is 168 g/mol. The van der Waals surface area contributed by atoms with E-state index in [2.05, 4.69) is 18.6 Å². The van der Waals surface area contributed by atoms with Gasteiger partial charge in [0.25, 0.3) is 0 Å². The third-order valence-electron chi connectivity index (χ3n) is 2.78. The molecule has 1 aliphatic carbocycles. The maximum Gasteiger partial charge on any atom is 0.337 e. The number of carbonyl (C=O) groups is 1. The molecule has 0 aliphatic heterocycles. The summed E-state index contributed by atoms with van der Waals surface area (Å²) in [5, 5.41) is 10.0. The Morgan fingerprint density at radius 2 is 2.00 bits per heavy atom. The van der Waals surface area contributed by atoms with Crippen LogP contribution in [0.3, 0.4) is 0 Å². The number of esters is 1. The highest BCUT2D eigenvalue weighted by molar-refractivity contribution is 5.79. The minimum absolute atomic E-state index is 0.0428. The fraction of sp³-hybridized carbons (Fsp3) is 0.900. The van der Waals surface area contributed by atoms with Crippen molar-refractivity contribution >= 4 is 5.97 Å². The lowest BCUT2D eigenvalue weighted by Gasteiger charge is -2.39. The Hall–Kier alpha value is -0.570. The molecule has 0 unspecified atom stereocenters. The Balaban J connectivity index is 2.74. The van der Waals surface area contributed by atoms with Gasteiger partial charge in [0.05, 0.1) is 7.11 Å². The Labute approximate surface area is 79.1 Å². The molecule has 0 heterocycles. The Bertz CT molecular complexity index is 210. The van der Waals surface area contributed by atoms with Crippen LogP contribution >= 0.6 is 0 Å². The van der Waals surface area contributed by atoms with E-state index in [1.165, 1.54) is 7.11 Å². The van der Waals surface area contributed by atoms with Crippen LogP contribution < -0.4 is 0 Å². The van der Waals surface area contributed by atoms with Crippen LogP contribution in [0.15, 0.2) is 0 Å². The maximum atomic E-state index is 11.3. The van der Waals surface area contributed by atoms with E-state index in [4.69, 9.17) is 0 Å². The van der Waals surface area contributed by atoms with Gasteiger partial charge in [-0.1, -0.05) is 13.8 Å². The molecular formula is C10H18O3. The summed E-state index contributed by atoms with van der Waals surface area (Å²) < 4.78 is 4.60. The molecule has 13 heavy (non-hydrogen) atoms. The minimum Gasteiger partial charge on any atom is -0.467 e. The topological polar surface area (TPSA) is 46.5 Å². The monoisotopic (exact) mass is 186 g/mol. The minimum atomic E-state index is -1.24. The molecule has 76 valence electrons. The van der Waals surface area contributed by atoms with Gasteiger partial charge >= 0.3 is 5.97 Å². The second kappa shape index (κ2) is 3.29. The Kier molecular flexibility index (Phi) is 2.66. The van der Waals surface area contributed by atoms with E-state index in [0.717, 1.165) is 12.8 Å². The molecule has 0 aromatic carbocycles. The third kappa shape index (κ3) is 2.21. The van der Waals surface area contributed by atoms with Gasteiger partial charge in [-0.15, -0.1) is 0 Å². The van der Waals surface area contributed by atoms with E-state index in [0.29, 0.717) is 12.8 Å². The lowest BCUT2D eigenvalue weighted by Crippen LogP contribution is -2.46. The van der Waals surface area contributed by atoms with Gasteiger partial charge in [0.15, 0.2) is 5.60 Å². The standard InChI is InChI=1S/C10H18O3/c1-9(2)5-4-6-10(12,7-9)8(11)13-3/h12H,4-7H2,1-3H3/t10-/m0/s1. The smallest absolute Gasteiger partial charge is 0.337 e. The van der Waals surface area contributed by atoms with Crippen molar-refractivity contribution in [2.24, 2.45) is 5.41 Å². The van der Waals surface area contributed by atoms with Crippen molar-refractivity contribution in [3.8, 4) is 0 Å². The molecule has 1 saturated carbocycles. The van der Waals surface area contributed by atoms with Gasteiger partial charge < -0.3 is 9.84 Å². The van der Waals surface area contributed by atoms with Crippen molar-refractivity contribution in [1.82, 2.24) is 0 Å². The molecule has 0 amide bonds. The summed E-state index contributed by atoms with van der Waals surface area (Å²) in [5.41, 5.74) is -1.20. The lowest BCUT2D eigenvalue weighted by atomic mass is 9.70. The van der Waals surface area contributed by atoms with Gasteiger partial charge in [-0.2, -0.15) is 0 Å². The number of carbonyl (C=O) groups excluding carboxylic acids is 1. The summed E-state index contributed by atoms with van der Waals surface area (Å²) in [6.45, 7) is 4.14. The highest BCUT2D eigenvalue weighted by Gasteiger charge is 2.44. The number of methoxy groups -OCH3 is 1. The molecule has 1 N–H and O–H groups in total. The summed E-state index contributed by atoms with van der Waals surface area (Å²) in [7, 11) is 1.32. The first-order chi connectivity index (χ1) is 5.90. The normalized spacial score (nSPS) is 32.6. The lowest BCUT2D eigenvalue weighted by molar-refractivity contribution is -0.170. The van der Waals surface area contributed by atoms with Gasteiger partial charge in [-0.05, 0) is 31.1 Å². The fourth-order valence-corrected chi connectivity index (χ4v) is 2.19. The molecule has 1 rings (SSSR count). The number of ether oxygens (including phenoxy) is 1. The van der Waals surface area contributed by atoms with E-state index in [-0.39, 0.29) is 5.41 Å². The van der Waals surface area contributed by atoms with Gasteiger partial charge in [-0.25, -0.2) is 4.79 Å². The van der Waals surface area contributed by atoms with Crippen molar-refractivity contribution in [1.29, 1.82) is 0 Å². The molecule has 0 aromatic heterocycles. The van der Waals surface area contributed by atoms with Crippen LogP contribution in [0.1, 0.15) is 39.5 Å². The van der Waals surface area contributed by atoms with Gasteiger partial charge in [0.2, 0.25) is 0 Å². The zero-order valence-corrected chi connectivity index (χ0v) is 8.59. The number of aliphatic hydroxyl groups is 1. The predicted octanol–water partition coefficient (Wildman–Crippen LogP) is 1.49. The first-order valence-corrected chi connectivity index (χ1v) is 4.70. The summed E-state index contributed by atoms with van der Waals surface area (Å²) in [6.07, 6.45) is 2.99. The second-order valence-corrected chi connectivity index (χ2v) is 4.72. The first-order valence-electron chi connectivity index (χ1n) is 4.70. The molecule has 0 aromatic rings. The molecule has 0 radical (unpaired) electrons. The van der Waals surface area contributed by atoms with E-state index in [1.54, 1.807) is 0 Å². The molecule has 0 spiro atoms. The summed E-state index contributed by atoms with van der Waals surface area (Å²) >= 11 is 0. The molecule has 1 atom stereocenters. The number of rotatable bonds is 1. The first kappa shape index (κ1) is 10.5. The van der Waals surface area contributed by atoms with Crippen LogP contribution in [-0.4, -0.2) is 23.8 Å². The molecule has 3 heteroatoms. The van der Waals surface area contributed by atoms with Crippen LogP contribution in [0.5, 0.6) is 0 Å². The summed E-state index contributed by atoms with van der Waals surface area (Å²) in [6, 6.07) is 0. The average Bonchev–Trinajstić information content (AvgIpc) is 2.00. The number of hydrogen-bond donors (Lipinski definition) is 1. The summed E-state index contributed by atoms with van der Waals surface area (Å²) in [5.74, 6) is -0.486. The van der Waals surface area contributed by atoms with Crippen molar-refractivity contribution in [2.45, 2.75) is 45.1 Å². The van der Waals surface area contributed by atoms with Crippen LogP contribution in [0, 0.1) is 5.41 Å². The van der Waals surface area contributed by atoms with E-state index < -0.39 is 11.6 Å². The Morgan fingerprint density at radius 1 is 1.38 bits per heavy atom. The highest BCUT2D eigenvalue weighted by atomic mass is 16.5. The molecule has 1 aliphatic rings. The van der Waals surface area contributed by atoms with E-state index in [1.807, 2.05) is 0 Å². The zero-order chi connectivity index (χ0) is 10.1. The molecule has 0 bridgehead atoms. The average molecular weight is 186 g/mol. The number of hydrogen-bond acceptors (Lipinski definition) is 3. The maximum absolute atomic E-state index is 11.3.